The Morgan fingerprint density at radius 1 is 0.829 bits per heavy atom. The average molecular weight is 463 g/mol. The summed E-state index contributed by atoms with van der Waals surface area (Å²) in [4.78, 5) is 31.3. The third-order valence-electron chi connectivity index (χ3n) is 5.65. The second-order valence-corrected chi connectivity index (χ2v) is 8.05. The maximum atomic E-state index is 12.2. The number of H-pyrrole nitrogens is 1. The third kappa shape index (κ3) is 4.77. The van der Waals surface area contributed by atoms with E-state index in [1.54, 1.807) is 24.3 Å². The number of hydrogen-bond donors (Lipinski definition) is 3. The van der Waals surface area contributed by atoms with Gasteiger partial charge in [0.2, 0.25) is 5.91 Å². The van der Waals surface area contributed by atoms with Gasteiger partial charge in [0, 0.05) is 40.2 Å². The number of benzene rings is 3. The highest BCUT2D eigenvalue weighted by molar-refractivity contribution is 5.96. The van der Waals surface area contributed by atoms with Crippen LogP contribution in [-0.2, 0) is 11.2 Å². The van der Waals surface area contributed by atoms with Crippen molar-refractivity contribution < 1.29 is 9.59 Å². The van der Waals surface area contributed by atoms with Crippen LogP contribution in [0.15, 0.2) is 85.1 Å². The van der Waals surface area contributed by atoms with Crippen LogP contribution < -0.4 is 11.1 Å². The number of fused-ring (bicyclic) bond motifs is 1. The maximum Gasteiger partial charge on any atom is 0.251 e. The van der Waals surface area contributed by atoms with Gasteiger partial charge in [-0.2, -0.15) is 0 Å². The molecule has 0 atom stereocenters. The Balaban J connectivity index is 1.49. The van der Waals surface area contributed by atoms with Crippen molar-refractivity contribution in [3.05, 3.63) is 102 Å². The molecule has 0 unspecified atom stereocenters. The zero-order chi connectivity index (χ0) is 24.2. The van der Waals surface area contributed by atoms with E-state index in [4.69, 9.17) is 10.7 Å². The first-order valence-corrected chi connectivity index (χ1v) is 11.1. The number of aromatic amines is 1. The highest BCUT2D eigenvalue weighted by Gasteiger charge is 2.16. The summed E-state index contributed by atoms with van der Waals surface area (Å²) in [6.45, 7) is -0.216. The van der Waals surface area contributed by atoms with Gasteiger partial charge in [0.1, 0.15) is 11.4 Å². The standard InChI is InChI=1S/C27H22N6O2/c28-23(34)16-30-27(35)19-12-10-18(11-13-19)26-25(17-6-2-1-3-7-17)31-24(32-33-26)14-20-15-29-22-9-5-4-8-21(20)22/h1-13,15,29H,14,16H2,(H2,28,34)(H,30,35). The van der Waals surface area contributed by atoms with Crippen molar-refractivity contribution in [2.24, 2.45) is 5.73 Å². The number of nitrogens with two attached hydrogens (primary N) is 1. The van der Waals surface area contributed by atoms with Crippen molar-refractivity contribution in [1.82, 2.24) is 25.5 Å². The Bertz CT molecular complexity index is 1510. The predicted octanol–water partition coefficient (Wildman–Crippen LogP) is 3.49. The van der Waals surface area contributed by atoms with E-state index in [9.17, 15) is 9.59 Å². The Kier molecular flexibility index (Phi) is 6.00. The summed E-state index contributed by atoms with van der Waals surface area (Å²) >= 11 is 0. The summed E-state index contributed by atoms with van der Waals surface area (Å²) in [6, 6.07) is 24.8. The summed E-state index contributed by atoms with van der Waals surface area (Å²) in [6.07, 6.45) is 2.52. The molecule has 5 aromatic rings. The maximum absolute atomic E-state index is 12.2. The minimum atomic E-state index is -0.600. The summed E-state index contributed by atoms with van der Waals surface area (Å²) in [5, 5.41) is 12.6. The molecular formula is C27H22N6O2. The summed E-state index contributed by atoms with van der Waals surface area (Å²) in [5.41, 5.74) is 10.7. The van der Waals surface area contributed by atoms with Crippen LogP contribution in [0.2, 0.25) is 0 Å². The largest absolute Gasteiger partial charge is 0.368 e. The number of carbonyl (C=O) groups is 2. The average Bonchev–Trinajstić information content (AvgIpc) is 3.30. The normalized spacial score (nSPS) is 10.9. The molecule has 0 aliphatic carbocycles. The lowest BCUT2D eigenvalue weighted by Crippen LogP contribution is -2.33. The Labute approximate surface area is 201 Å². The molecule has 8 heteroatoms. The molecule has 2 amide bonds. The SMILES string of the molecule is NC(=O)CNC(=O)c1ccc(-c2nnc(Cc3c[nH]c4ccccc34)nc2-c2ccccc2)cc1. The molecule has 0 fully saturated rings. The molecule has 5 rings (SSSR count). The van der Waals surface area contributed by atoms with Gasteiger partial charge in [0.05, 0.1) is 6.54 Å². The number of nitrogens with one attached hydrogen (secondary N) is 2. The Hall–Kier alpha value is -4.85. The monoisotopic (exact) mass is 462 g/mol. The van der Waals surface area contributed by atoms with Crippen LogP contribution in [0.5, 0.6) is 0 Å². The van der Waals surface area contributed by atoms with Crippen LogP contribution in [0, 0.1) is 0 Å². The fourth-order valence-electron chi connectivity index (χ4n) is 3.92. The van der Waals surface area contributed by atoms with Crippen LogP contribution in [0.25, 0.3) is 33.4 Å². The van der Waals surface area contributed by atoms with Crippen LogP contribution in [0.4, 0.5) is 0 Å². The number of amides is 2. The quantitative estimate of drug-likeness (QED) is 0.341. The van der Waals surface area contributed by atoms with Gasteiger partial charge < -0.3 is 16.0 Å². The fraction of sp³-hybridized carbons (Fsp3) is 0.0741. The molecular weight excluding hydrogens is 440 g/mol. The van der Waals surface area contributed by atoms with Gasteiger partial charge in [-0.15, -0.1) is 10.2 Å². The number of carbonyl (C=O) groups excluding carboxylic acids is 2. The molecule has 0 saturated carbocycles. The number of nitrogens with zero attached hydrogens (tertiary/aromatic N) is 3. The number of primary amides is 1. The number of aromatic nitrogens is 4. The molecule has 4 N–H and O–H groups in total. The summed E-state index contributed by atoms with van der Waals surface area (Å²) in [7, 11) is 0. The van der Waals surface area contributed by atoms with Crippen LogP contribution in [-0.4, -0.2) is 38.5 Å². The summed E-state index contributed by atoms with van der Waals surface area (Å²) in [5.74, 6) is -0.367. The first-order valence-electron chi connectivity index (χ1n) is 11.1. The highest BCUT2D eigenvalue weighted by Crippen LogP contribution is 2.29. The van der Waals surface area contributed by atoms with E-state index in [0.717, 1.165) is 27.6 Å². The lowest BCUT2D eigenvalue weighted by molar-refractivity contribution is -0.117. The molecule has 2 aromatic heterocycles. The van der Waals surface area contributed by atoms with Gasteiger partial charge in [0.25, 0.3) is 5.91 Å². The molecule has 0 aliphatic heterocycles. The van der Waals surface area contributed by atoms with E-state index in [-0.39, 0.29) is 12.5 Å². The van der Waals surface area contributed by atoms with Crippen molar-refractivity contribution in [1.29, 1.82) is 0 Å². The first kappa shape index (κ1) is 22.0. The molecule has 0 bridgehead atoms. The first-order chi connectivity index (χ1) is 17.1. The molecule has 2 heterocycles. The van der Waals surface area contributed by atoms with Gasteiger partial charge >= 0.3 is 0 Å². The van der Waals surface area contributed by atoms with Gasteiger partial charge in [-0.05, 0) is 23.8 Å². The third-order valence-corrected chi connectivity index (χ3v) is 5.65. The van der Waals surface area contributed by atoms with Crippen molar-refractivity contribution in [3.63, 3.8) is 0 Å². The van der Waals surface area contributed by atoms with Crippen LogP contribution in [0.3, 0.4) is 0 Å². The Morgan fingerprint density at radius 3 is 2.31 bits per heavy atom. The van der Waals surface area contributed by atoms with Crippen LogP contribution >= 0.6 is 0 Å². The molecule has 0 radical (unpaired) electrons. The number of rotatable bonds is 7. The Morgan fingerprint density at radius 2 is 1.54 bits per heavy atom. The minimum absolute atomic E-state index is 0.216. The van der Waals surface area contributed by atoms with E-state index in [1.165, 1.54) is 0 Å². The zero-order valence-electron chi connectivity index (χ0n) is 18.7. The summed E-state index contributed by atoms with van der Waals surface area (Å²) < 4.78 is 0. The van der Waals surface area contributed by atoms with Gasteiger partial charge in [-0.3, -0.25) is 9.59 Å². The molecule has 0 saturated heterocycles. The van der Waals surface area contributed by atoms with E-state index in [0.29, 0.717) is 29.2 Å². The lowest BCUT2D eigenvalue weighted by atomic mass is 10.0. The lowest BCUT2D eigenvalue weighted by Gasteiger charge is -2.10. The highest BCUT2D eigenvalue weighted by atomic mass is 16.2. The molecule has 3 aromatic carbocycles. The minimum Gasteiger partial charge on any atom is -0.368 e. The van der Waals surface area contributed by atoms with E-state index in [2.05, 4.69) is 26.6 Å². The molecule has 35 heavy (non-hydrogen) atoms. The second-order valence-electron chi connectivity index (χ2n) is 8.05. The van der Waals surface area contributed by atoms with Crippen molar-refractivity contribution in [2.75, 3.05) is 6.54 Å². The van der Waals surface area contributed by atoms with E-state index in [1.807, 2.05) is 54.7 Å². The molecule has 8 nitrogen and oxygen atoms in total. The van der Waals surface area contributed by atoms with Gasteiger partial charge in [-0.25, -0.2) is 4.98 Å². The molecule has 0 aliphatic rings. The number of para-hydroxylation sites is 1. The number of hydrogen-bond acceptors (Lipinski definition) is 5. The zero-order valence-corrected chi connectivity index (χ0v) is 18.7. The predicted molar refractivity (Wildman–Crippen MR) is 133 cm³/mol. The fourth-order valence-corrected chi connectivity index (χ4v) is 3.92. The van der Waals surface area contributed by atoms with Gasteiger partial charge in [-0.1, -0.05) is 60.7 Å². The van der Waals surface area contributed by atoms with Crippen LogP contribution in [0.1, 0.15) is 21.7 Å². The van der Waals surface area contributed by atoms with Crippen molar-refractivity contribution in [3.8, 4) is 22.5 Å². The van der Waals surface area contributed by atoms with E-state index < -0.39 is 5.91 Å². The smallest absolute Gasteiger partial charge is 0.251 e. The van der Waals surface area contributed by atoms with Crippen molar-refractivity contribution in [2.45, 2.75) is 6.42 Å². The second kappa shape index (κ2) is 9.56. The van der Waals surface area contributed by atoms with E-state index >= 15 is 0 Å². The van der Waals surface area contributed by atoms with Gasteiger partial charge in [0.15, 0.2) is 5.82 Å². The van der Waals surface area contributed by atoms with Crippen molar-refractivity contribution >= 4 is 22.7 Å². The topological polar surface area (TPSA) is 127 Å². The molecule has 0 spiro atoms. The molecule has 172 valence electrons.